The molecule has 0 radical (unpaired) electrons. The van der Waals surface area contributed by atoms with Crippen LogP contribution in [-0.4, -0.2) is 4.98 Å². The number of nitrogen functional groups attached to an aromatic ring is 1. The highest BCUT2D eigenvalue weighted by Gasteiger charge is 2.04. The predicted molar refractivity (Wildman–Crippen MR) is 60.3 cm³/mol. The van der Waals surface area contributed by atoms with Crippen LogP contribution in [0.2, 0.25) is 0 Å². The summed E-state index contributed by atoms with van der Waals surface area (Å²) < 4.78 is 0. The van der Waals surface area contributed by atoms with Gasteiger partial charge in [-0.1, -0.05) is 19.1 Å². The van der Waals surface area contributed by atoms with Gasteiger partial charge in [-0.3, -0.25) is 4.98 Å². The molecule has 2 nitrogen and oxygen atoms in total. The van der Waals surface area contributed by atoms with Crippen LogP contribution in [0.25, 0.3) is 10.8 Å². The number of aryl methyl sites for hydroxylation is 2. The lowest BCUT2D eigenvalue weighted by Gasteiger charge is -2.07. The zero-order valence-corrected chi connectivity index (χ0v) is 8.54. The third-order valence-electron chi connectivity index (χ3n) is 2.62. The molecule has 0 unspecified atom stereocenters. The van der Waals surface area contributed by atoms with E-state index in [1.165, 1.54) is 5.39 Å². The first-order chi connectivity index (χ1) is 6.74. The van der Waals surface area contributed by atoms with Crippen molar-refractivity contribution in [2.45, 2.75) is 20.3 Å². The van der Waals surface area contributed by atoms with E-state index in [-0.39, 0.29) is 0 Å². The van der Waals surface area contributed by atoms with Gasteiger partial charge in [0.1, 0.15) is 0 Å². The zero-order valence-electron chi connectivity index (χ0n) is 8.54. The number of aromatic nitrogens is 1. The summed E-state index contributed by atoms with van der Waals surface area (Å²) in [6, 6.07) is 6.14. The zero-order chi connectivity index (χ0) is 10.1. The summed E-state index contributed by atoms with van der Waals surface area (Å²) in [6.07, 6.45) is 2.77. The maximum Gasteiger partial charge on any atom is 0.0479 e. The average Bonchev–Trinajstić information content (AvgIpc) is 2.23. The van der Waals surface area contributed by atoms with Crippen LogP contribution >= 0.6 is 0 Å². The van der Waals surface area contributed by atoms with Crippen molar-refractivity contribution in [3.8, 4) is 0 Å². The van der Waals surface area contributed by atoms with Crippen LogP contribution in [0.5, 0.6) is 0 Å². The second kappa shape index (κ2) is 3.29. The number of rotatable bonds is 1. The van der Waals surface area contributed by atoms with E-state index in [4.69, 9.17) is 5.73 Å². The van der Waals surface area contributed by atoms with Crippen molar-refractivity contribution in [1.29, 1.82) is 0 Å². The molecule has 0 saturated carbocycles. The number of pyridine rings is 1. The first-order valence-electron chi connectivity index (χ1n) is 4.86. The molecule has 0 amide bonds. The van der Waals surface area contributed by atoms with Crippen LogP contribution in [0.4, 0.5) is 5.69 Å². The molecule has 0 spiro atoms. The minimum Gasteiger partial charge on any atom is -0.398 e. The number of hydrogen-bond donors (Lipinski definition) is 1. The first kappa shape index (κ1) is 9.00. The van der Waals surface area contributed by atoms with E-state index >= 15 is 0 Å². The van der Waals surface area contributed by atoms with Crippen molar-refractivity contribution in [1.82, 2.24) is 4.98 Å². The van der Waals surface area contributed by atoms with E-state index < -0.39 is 0 Å². The van der Waals surface area contributed by atoms with E-state index in [2.05, 4.69) is 24.0 Å². The second-order valence-corrected chi connectivity index (χ2v) is 3.50. The maximum atomic E-state index is 6.01. The summed E-state index contributed by atoms with van der Waals surface area (Å²) in [5.41, 5.74) is 9.14. The Bertz CT molecular complexity index is 475. The largest absolute Gasteiger partial charge is 0.398 e. The maximum absolute atomic E-state index is 6.01. The minimum absolute atomic E-state index is 0.875. The van der Waals surface area contributed by atoms with E-state index in [0.717, 1.165) is 28.8 Å². The highest BCUT2D eigenvalue weighted by molar-refractivity contribution is 5.95. The Morgan fingerprint density at radius 1 is 1.21 bits per heavy atom. The van der Waals surface area contributed by atoms with Gasteiger partial charge in [0.25, 0.3) is 0 Å². The third kappa shape index (κ3) is 1.23. The molecule has 0 aliphatic rings. The smallest absolute Gasteiger partial charge is 0.0479 e. The van der Waals surface area contributed by atoms with Gasteiger partial charge in [-0.05, 0) is 25.0 Å². The van der Waals surface area contributed by atoms with E-state index in [0.29, 0.717) is 0 Å². The molecule has 0 fully saturated rings. The van der Waals surface area contributed by atoms with Crippen LogP contribution in [0, 0.1) is 6.92 Å². The standard InChI is InChI=1S/C12H14N2/c1-3-11-9-5-4-8(2)12(13)10(9)6-7-14-11/h4-7H,3,13H2,1-2H3. The summed E-state index contributed by atoms with van der Waals surface area (Å²) in [6.45, 7) is 4.14. The van der Waals surface area contributed by atoms with E-state index in [9.17, 15) is 0 Å². The fraction of sp³-hybridized carbons (Fsp3) is 0.250. The lowest BCUT2D eigenvalue weighted by molar-refractivity contribution is 1.06. The fourth-order valence-corrected chi connectivity index (χ4v) is 1.73. The lowest BCUT2D eigenvalue weighted by Crippen LogP contribution is -1.94. The Hall–Kier alpha value is -1.57. The molecule has 0 saturated heterocycles. The van der Waals surface area contributed by atoms with Gasteiger partial charge in [-0.2, -0.15) is 0 Å². The molecule has 2 N–H and O–H groups in total. The van der Waals surface area contributed by atoms with Gasteiger partial charge in [-0.25, -0.2) is 0 Å². The van der Waals surface area contributed by atoms with Crippen LogP contribution in [0.15, 0.2) is 24.4 Å². The summed E-state index contributed by atoms with van der Waals surface area (Å²) in [4.78, 5) is 4.34. The Morgan fingerprint density at radius 2 is 2.00 bits per heavy atom. The normalized spacial score (nSPS) is 10.7. The molecule has 1 aromatic heterocycles. The Labute approximate surface area is 83.8 Å². The molecule has 1 aromatic carbocycles. The first-order valence-corrected chi connectivity index (χ1v) is 4.86. The highest BCUT2D eigenvalue weighted by Crippen LogP contribution is 2.25. The van der Waals surface area contributed by atoms with Gasteiger partial charge in [0.05, 0.1) is 0 Å². The SMILES string of the molecule is CCc1nccc2c(N)c(C)ccc12. The summed E-state index contributed by atoms with van der Waals surface area (Å²) in [5, 5.41) is 2.30. The van der Waals surface area contributed by atoms with Crippen LogP contribution in [-0.2, 0) is 6.42 Å². The molecule has 0 aliphatic carbocycles. The van der Waals surface area contributed by atoms with Crippen molar-refractivity contribution in [2.24, 2.45) is 0 Å². The monoisotopic (exact) mass is 186 g/mol. The molecule has 0 atom stereocenters. The van der Waals surface area contributed by atoms with Gasteiger partial charge in [-0.15, -0.1) is 0 Å². The molecule has 2 rings (SSSR count). The quantitative estimate of drug-likeness (QED) is 0.695. The number of hydrogen-bond acceptors (Lipinski definition) is 2. The number of nitrogens with zero attached hydrogens (tertiary/aromatic N) is 1. The molecule has 72 valence electrons. The van der Waals surface area contributed by atoms with Crippen LogP contribution in [0.3, 0.4) is 0 Å². The molecular formula is C12H14N2. The minimum atomic E-state index is 0.875. The number of nitrogens with two attached hydrogens (primary N) is 1. The molecule has 14 heavy (non-hydrogen) atoms. The van der Waals surface area contributed by atoms with Gasteiger partial charge in [0.15, 0.2) is 0 Å². The number of fused-ring (bicyclic) bond motifs is 1. The topological polar surface area (TPSA) is 38.9 Å². The van der Waals surface area contributed by atoms with E-state index in [1.54, 1.807) is 0 Å². The Balaban J connectivity index is 2.86. The molecular weight excluding hydrogens is 172 g/mol. The van der Waals surface area contributed by atoms with Crippen molar-refractivity contribution in [2.75, 3.05) is 5.73 Å². The van der Waals surface area contributed by atoms with Crippen LogP contribution in [0.1, 0.15) is 18.2 Å². The third-order valence-corrected chi connectivity index (χ3v) is 2.62. The Morgan fingerprint density at radius 3 is 2.71 bits per heavy atom. The van der Waals surface area contributed by atoms with Gasteiger partial charge in [0.2, 0.25) is 0 Å². The van der Waals surface area contributed by atoms with E-state index in [1.807, 2.05) is 19.2 Å². The molecule has 2 heteroatoms. The number of benzene rings is 1. The Kier molecular flexibility index (Phi) is 2.12. The van der Waals surface area contributed by atoms with Gasteiger partial charge in [0, 0.05) is 28.4 Å². The lowest BCUT2D eigenvalue weighted by atomic mass is 10.0. The van der Waals surface area contributed by atoms with Gasteiger partial charge < -0.3 is 5.73 Å². The van der Waals surface area contributed by atoms with Crippen LogP contribution < -0.4 is 5.73 Å². The predicted octanol–water partition coefficient (Wildman–Crippen LogP) is 2.69. The fourth-order valence-electron chi connectivity index (χ4n) is 1.73. The second-order valence-electron chi connectivity index (χ2n) is 3.50. The summed E-state index contributed by atoms with van der Waals surface area (Å²) in [7, 11) is 0. The number of anilines is 1. The summed E-state index contributed by atoms with van der Waals surface area (Å²) in [5.74, 6) is 0. The van der Waals surface area contributed by atoms with Crippen molar-refractivity contribution in [3.05, 3.63) is 35.7 Å². The molecule has 0 bridgehead atoms. The average molecular weight is 186 g/mol. The van der Waals surface area contributed by atoms with Crippen molar-refractivity contribution >= 4 is 16.5 Å². The van der Waals surface area contributed by atoms with Crippen molar-refractivity contribution in [3.63, 3.8) is 0 Å². The molecule has 0 aliphatic heterocycles. The highest BCUT2D eigenvalue weighted by atomic mass is 14.7. The summed E-state index contributed by atoms with van der Waals surface area (Å²) >= 11 is 0. The molecule has 2 aromatic rings. The van der Waals surface area contributed by atoms with Crippen molar-refractivity contribution < 1.29 is 0 Å². The molecule has 1 heterocycles. The van der Waals surface area contributed by atoms with Gasteiger partial charge >= 0.3 is 0 Å².